The molecule has 2 aromatic carbocycles. The van der Waals surface area contributed by atoms with Gasteiger partial charge in [-0.15, -0.1) is 0 Å². The molecule has 1 saturated heterocycles. The van der Waals surface area contributed by atoms with Crippen molar-refractivity contribution in [3.05, 3.63) is 77.8 Å². The molecule has 3 unspecified atom stereocenters. The van der Waals surface area contributed by atoms with Crippen LogP contribution in [0.15, 0.2) is 54.7 Å². The summed E-state index contributed by atoms with van der Waals surface area (Å²) in [6.07, 6.45) is 0.800. The Kier molecular flexibility index (Phi) is 8.54. The number of aromatic nitrogens is 2. The van der Waals surface area contributed by atoms with E-state index in [9.17, 15) is 23.1 Å². The number of carbonyl (C=O) groups is 1. The molecule has 1 aliphatic heterocycles. The molecule has 0 radical (unpaired) electrons. The molecule has 1 aliphatic carbocycles. The molecule has 1 saturated carbocycles. The third-order valence-electron chi connectivity index (χ3n) is 9.22. The number of imidazole rings is 1. The highest BCUT2D eigenvalue weighted by Gasteiger charge is 2.57. The van der Waals surface area contributed by atoms with Gasteiger partial charge in [0.1, 0.15) is 23.6 Å². The number of nitrogens with zero attached hydrogens (tertiary/aromatic N) is 3. The van der Waals surface area contributed by atoms with Crippen molar-refractivity contribution in [2.75, 3.05) is 19.6 Å². The zero-order chi connectivity index (χ0) is 31.2. The van der Waals surface area contributed by atoms with Crippen LogP contribution in [0.25, 0.3) is 11.3 Å². The van der Waals surface area contributed by atoms with E-state index in [1.807, 2.05) is 34.9 Å². The lowest BCUT2D eigenvalue weighted by Gasteiger charge is -2.42. The van der Waals surface area contributed by atoms with Crippen LogP contribution in [0.1, 0.15) is 51.0 Å². The maximum atomic E-state index is 15.0. The lowest BCUT2D eigenvalue weighted by atomic mass is 10.0. The highest BCUT2D eigenvalue weighted by Crippen LogP contribution is 2.54. The van der Waals surface area contributed by atoms with E-state index in [-0.39, 0.29) is 30.2 Å². The summed E-state index contributed by atoms with van der Waals surface area (Å²) in [4.78, 5) is 17.6. The van der Waals surface area contributed by atoms with Crippen LogP contribution in [-0.4, -0.2) is 65.4 Å². The van der Waals surface area contributed by atoms with Gasteiger partial charge in [-0.3, -0.25) is 0 Å². The first kappa shape index (κ1) is 31.3. The van der Waals surface area contributed by atoms with Gasteiger partial charge in [-0.2, -0.15) is 0 Å². The molecule has 232 valence electrons. The van der Waals surface area contributed by atoms with Gasteiger partial charge in [0, 0.05) is 37.3 Å². The van der Waals surface area contributed by atoms with Crippen LogP contribution in [0.3, 0.4) is 0 Å². The smallest absolute Gasteiger partial charge is 0.407 e. The lowest BCUT2D eigenvalue weighted by Crippen LogP contribution is -2.50. The number of nitrogens with one attached hydrogen (secondary N) is 1. The maximum Gasteiger partial charge on any atom is 0.407 e. The number of amides is 1. The second-order valence-corrected chi connectivity index (χ2v) is 18.2. The Morgan fingerprint density at radius 3 is 2.47 bits per heavy atom. The summed E-state index contributed by atoms with van der Waals surface area (Å²) in [6.45, 7) is 11.5. The predicted octanol–water partition coefficient (Wildman–Crippen LogP) is 7.01. The second kappa shape index (κ2) is 11.7. The third kappa shape index (κ3) is 6.68. The molecule has 3 atom stereocenters. The fraction of sp³-hybridized carbons (Fsp3) is 0.500. The Hall–Kier alpha value is -3.15. The van der Waals surface area contributed by atoms with E-state index < -0.39 is 49.8 Å². The molecule has 43 heavy (non-hydrogen) atoms. The minimum absolute atomic E-state index is 0.0543. The zero-order valence-corrected chi connectivity index (χ0v) is 26.4. The molecule has 0 spiro atoms. The topological polar surface area (TPSA) is 79.6 Å². The number of likely N-dealkylation sites (tertiary alicyclic amines) is 1. The van der Waals surface area contributed by atoms with Crippen LogP contribution in [0, 0.1) is 17.6 Å². The SMILES string of the molecule is CC(C)(C)[Si](C)(C)OC1(C(NCC2CN(C(=O)O)CC2F)c2nc(-c3cc(F)ccc3F)cn2Cc2ccccc2)CC1. The summed E-state index contributed by atoms with van der Waals surface area (Å²) in [5.41, 5.74) is 0.716. The van der Waals surface area contributed by atoms with Gasteiger partial charge in [-0.05, 0) is 54.7 Å². The molecule has 0 bridgehead atoms. The average Bonchev–Trinajstić information content (AvgIpc) is 3.41. The normalized spacial score (nSPS) is 20.8. The van der Waals surface area contributed by atoms with Crippen molar-refractivity contribution in [3.8, 4) is 11.3 Å². The molecule has 11 heteroatoms. The molecule has 7 nitrogen and oxygen atoms in total. The monoisotopic (exact) mass is 614 g/mol. The van der Waals surface area contributed by atoms with Crippen LogP contribution in [0.4, 0.5) is 18.0 Å². The van der Waals surface area contributed by atoms with Gasteiger partial charge < -0.3 is 24.3 Å². The summed E-state index contributed by atoms with van der Waals surface area (Å²) in [5, 5.41) is 12.9. The first-order valence-electron chi connectivity index (χ1n) is 14.8. The largest absolute Gasteiger partial charge is 0.465 e. The number of carboxylic acid groups (broad SMARTS) is 1. The predicted molar refractivity (Wildman–Crippen MR) is 162 cm³/mol. The van der Waals surface area contributed by atoms with Crippen LogP contribution in [0.2, 0.25) is 18.1 Å². The summed E-state index contributed by atoms with van der Waals surface area (Å²) < 4.78 is 53.2. The van der Waals surface area contributed by atoms with Crippen molar-refractivity contribution in [3.63, 3.8) is 0 Å². The molecular weight excluding hydrogens is 573 g/mol. The number of hydrogen-bond acceptors (Lipinski definition) is 4. The number of alkyl halides is 1. The van der Waals surface area contributed by atoms with E-state index >= 15 is 0 Å². The Balaban J connectivity index is 1.57. The summed E-state index contributed by atoms with van der Waals surface area (Å²) >= 11 is 0. The minimum atomic E-state index is -2.29. The van der Waals surface area contributed by atoms with Gasteiger partial charge >= 0.3 is 6.09 Å². The standard InChI is InChI=1S/C32H41F3N4O3Si/c1-31(2,3)43(4,5)42-32(13-14-32)28(36-16-22-18-39(30(40)41)19-26(22)35)29-37-27(24-15-23(33)11-12-25(24)34)20-38(29)17-21-9-7-6-8-10-21/h6-12,15,20,22,26,28,36H,13-14,16-19H2,1-5H3,(H,40,41). The first-order valence-corrected chi connectivity index (χ1v) is 17.7. The van der Waals surface area contributed by atoms with Gasteiger partial charge in [0.25, 0.3) is 0 Å². The Morgan fingerprint density at radius 1 is 1.16 bits per heavy atom. The van der Waals surface area contributed by atoms with E-state index in [0.717, 1.165) is 41.5 Å². The zero-order valence-electron chi connectivity index (χ0n) is 25.4. The number of rotatable bonds is 10. The lowest BCUT2D eigenvalue weighted by molar-refractivity contribution is 0.102. The van der Waals surface area contributed by atoms with Gasteiger partial charge in [-0.1, -0.05) is 51.1 Å². The molecule has 2 N–H and O–H groups in total. The highest BCUT2D eigenvalue weighted by molar-refractivity contribution is 6.74. The Bertz CT molecular complexity index is 1460. The van der Waals surface area contributed by atoms with Gasteiger partial charge in [0.2, 0.25) is 0 Å². The first-order chi connectivity index (χ1) is 20.2. The fourth-order valence-corrected chi connectivity index (χ4v) is 7.23. The molecule has 1 aromatic heterocycles. The van der Waals surface area contributed by atoms with Crippen molar-refractivity contribution >= 4 is 14.4 Å². The molecular formula is C32H41F3N4O3Si. The molecule has 2 fully saturated rings. The summed E-state index contributed by atoms with van der Waals surface area (Å²) in [7, 11) is -2.29. The van der Waals surface area contributed by atoms with Gasteiger partial charge in [0.05, 0.1) is 23.9 Å². The molecule has 3 aromatic rings. The Labute approximate surface area is 252 Å². The Morgan fingerprint density at radius 2 is 1.86 bits per heavy atom. The summed E-state index contributed by atoms with van der Waals surface area (Å²) in [5.74, 6) is -1.11. The number of hydrogen-bond donors (Lipinski definition) is 2. The van der Waals surface area contributed by atoms with Crippen LogP contribution in [0.5, 0.6) is 0 Å². The fourth-order valence-electron chi connectivity index (χ4n) is 5.59. The average molecular weight is 615 g/mol. The van der Waals surface area contributed by atoms with Crippen molar-refractivity contribution in [1.29, 1.82) is 0 Å². The van der Waals surface area contributed by atoms with Crippen LogP contribution >= 0.6 is 0 Å². The molecule has 1 amide bonds. The van der Waals surface area contributed by atoms with E-state index in [2.05, 4.69) is 39.2 Å². The van der Waals surface area contributed by atoms with Crippen LogP contribution in [-0.2, 0) is 11.0 Å². The minimum Gasteiger partial charge on any atom is -0.465 e. The van der Waals surface area contributed by atoms with Crippen molar-refractivity contribution in [2.45, 2.75) is 76.1 Å². The second-order valence-electron chi connectivity index (χ2n) is 13.5. The van der Waals surface area contributed by atoms with Crippen molar-refractivity contribution in [1.82, 2.24) is 19.8 Å². The summed E-state index contributed by atoms with van der Waals surface area (Å²) in [6, 6.07) is 12.6. The third-order valence-corrected chi connectivity index (χ3v) is 13.7. The van der Waals surface area contributed by atoms with E-state index in [4.69, 9.17) is 9.41 Å². The van der Waals surface area contributed by atoms with Gasteiger partial charge in [0.15, 0.2) is 8.32 Å². The van der Waals surface area contributed by atoms with E-state index in [1.165, 1.54) is 0 Å². The van der Waals surface area contributed by atoms with E-state index in [1.54, 1.807) is 6.20 Å². The number of halogens is 3. The van der Waals surface area contributed by atoms with Crippen molar-refractivity contribution < 1.29 is 27.5 Å². The highest BCUT2D eigenvalue weighted by atomic mass is 28.4. The maximum absolute atomic E-state index is 15.0. The quantitative estimate of drug-likeness (QED) is 0.240. The van der Waals surface area contributed by atoms with Crippen LogP contribution < -0.4 is 5.32 Å². The molecule has 5 rings (SSSR count). The molecule has 2 aliphatic rings. The molecule has 2 heterocycles. The van der Waals surface area contributed by atoms with Gasteiger partial charge in [-0.25, -0.2) is 22.9 Å². The number of benzene rings is 2. The van der Waals surface area contributed by atoms with E-state index in [0.29, 0.717) is 18.1 Å². The van der Waals surface area contributed by atoms with Crippen molar-refractivity contribution in [2.24, 2.45) is 5.92 Å².